The van der Waals surface area contributed by atoms with Crippen molar-refractivity contribution in [2.45, 2.75) is 6.92 Å². The van der Waals surface area contributed by atoms with Gasteiger partial charge in [-0.1, -0.05) is 5.17 Å². The molecule has 0 heterocycles. The van der Waals surface area contributed by atoms with Crippen molar-refractivity contribution in [3.63, 3.8) is 0 Å². The van der Waals surface area contributed by atoms with E-state index in [9.17, 15) is 10.1 Å². The zero-order valence-corrected chi connectivity index (χ0v) is 4.90. The Labute approximate surface area is 51.4 Å². The Morgan fingerprint density at radius 1 is 2.00 bits per heavy atom. The Hall–Kier alpha value is -0.920. The van der Waals surface area contributed by atoms with E-state index in [-0.39, 0.29) is 6.54 Å². The summed E-state index contributed by atoms with van der Waals surface area (Å²) in [6.45, 7) is 1.93. The summed E-state index contributed by atoms with van der Waals surface area (Å²) in [5.41, 5.74) is 1.95. The topological polar surface area (TPSA) is 93.7 Å². The van der Waals surface area contributed by atoms with Crippen molar-refractivity contribution in [3.05, 3.63) is 10.1 Å². The zero-order valence-electron chi connectivity index (χ0n) is 4.90. The molecule has 0 amide bonds. The van der Waals surface area contributed by atoms with E-state index in [4.69, 9.17) is 5.84 Å². The molecule has 0 spiro atoms. The number of nitrogens with two attached hydrogens (primary N) is 1. The molecule has 0 aliphatic heterocycles. The van der Waals surface area contributed by atoms with E-state index in [0.29, 0.717) is 0 Å². The van der Waals surface area contributed by atoms with Crippen LogP contribution in [0.1, 0.15) is 6.92 Å². The normalized spacial score (nSPS) is 9.67. The SMILES string of the molecule is CCN(NN)O[N+](=O)[O-]. The Kier molecular flexibility index (Phi) is 3.60. The lowest BCUT2D eigenvalue weighted by Gasteiger charge is -2.12. The molecule has 0 aromatic heterocycles. The van der Waals surface area contributed by atoms with Crippen molar-refractivity contribution in [3.8, 4) is 0 Å². The van der Waals surface area contributed by atoms with E-state index in [1.165, 1.54) is 0 Å². The Balaban J connectivity index is 3.43. The molecule has 0 aromatic carbocycles. The smallest absolute Gasteiger partial charge is 0.256 e. The summed E-state index contributed by atoms with van der Waals surface area (Å²) in [5, 5.41) is 9.40. The van der Waals surface area contributed by atoms with E-state index in [1.54, 1.807) is 6.92 Å². The van der Waals surface area contributed by atoms with Crippen molar-refractivity contribution in [2.75, 3.05) is 6.54 Å². The van der Waals surface area contributed by atoms with Gasteiger partial charge in [-0.15, -0.1) is 10.1 Å². The van der Waals surface area contributed by atoms with Crippen molar-refractivity contribution >= 4 is 0 Å². The maximum absolute atomic E-state index is 9.57. The lowest BCUT2D eigenvalue weighted by molar-refractivity contribution is -0.815. The summed E-state index contributed by atoms with van der Waals surface area (Å²) in [4.78, 5) is 13.4. The maximum Gasteiger partial charge on any atom is 0.313 e. The fraction of sp³-hybridized carbons (Fsp3) is 1.00. The fourth-order valence-electron chi connectivity index (χ4n) is 0.253. The van der Waals surface area contributed by atoms with Crippen LogP contribution in [0.3, 0.4) is 0 Å². The van der Waals surface area contributed by atoms with E-state index < -0.39 is 5.09 Å². The first kappa shape index (κ1) is 8.08. The van der Waals surface area contributed by atoms with Crippen LogP contribution in [0.4, 0.5) is 0 Å². The number of hydrogen-bond acceptors (Lipinski definition) is 6. The molecule has 7 nitrogen and oxygen atoms in total. The van der Waals surface area contributed by atoms with Crippen molar-refractivity contribution < 1.29 is 10.0 Å². The van der Waals surface area contributed by atoms with Gasteiger partial charge in [0.25, 0.3) is 0 Å². The fourth-order valence-corrected chi connectivity index (χ4v) is 0.253. The number of hydrazine groups is 2. The summed E-state index contributed by atoms with van der Waals surface area (Å²) >= 11 is 0. The molecule has 0 saturated heterocycles. The number of hydrogen-bond donors (Lipinski definition) is 2. The number of hydroxylamine groups is 1. The van der Waals surface area contributed by atoms with E-state index in [1.807, 2.05) is 5.53 Å². The lowest BCUT2D eigenvalue weighted by atomic mass is 10.8. The van der Waals surface area contributed by atoms with Crippen LogP contribution < -0.4 is 11.4 Å². The largest absolute Gasteiger partial charge is 0.313 e. The lowest BCUT2D eigenvalue weighted by Crippen LogP contribution is -2.43. The maximum atomic E-state index is 9.57. The summed E-state index contributed by atoms with van der Waals surface area (Å²) in [5.74, 6) is 4.78. The van der Waals surface area contributed by atoms with Crippen LogP contribution in [0.2, 0.25) is 0 Å². The zero-order chi connectivity index (χ0) is 7.28. The average molecular weight is 136 g/mol. The van der Waals surface area contributed by atoms with E-state index >= 15 is 0 Å². The second kappa shape index (κ2) is 4.01. The van der Waals surface area contributed by atoms with Gasteiger partial charge in [0.1, 0.15) is 0 Å². The monoisotopic (exact) mass is 136 g/mol. The Bertz CT molecular complexity index is 91.8. The third-order valence-electron chi connectivity index (χ3n) is 0.596. The number of rotatable bonds is 4. The number of nitrogens with zero attached hydrogens (tertiary/aromatic N) is 2. The minimum absolute atomic E-state index is 0.289. The van der Waals surface area contributed by atoms with Crippen LogP contribution in [0, 0.1) is 10.1 Å². The molecule has 0 radical (unpaired) electrons. The van der Waals surface area contributed by atoms with Crippen molar-refractivity contribution in [1.29, 1.82) is 0 Å². The molecular formula is C2H8N4O3. The van der Waals surface area contributed by atoms with Crippen molar-refractivity contribution in [2.24, 2.45) is 5.84 Å². The Morgan fingerprint density at radius 2 is 2.56 bits per heavy atom. The molecule has 9 heavy (non-hydrogen) atoms. The molecule has 0 aliphatic carbocycles. The van der Waals surface area contributed by atoms with Gasteiger partial charge in [-0.25, -0.2) is 4.94 Å². The minimum Gasteiger partial charge on any atom is -0.256 e. The van der Waals surface area contributed by atoms with Gasteiger partial charge in [0.05, 0.1) is 0 Å². The molecule has 54 valence electrons. The first-order valence-corrected chi connectivity index (χ1v) is 2.27. The van der Waals surface area contributed by atoms with Gasteiger partial charge in [0, 0.05) is 6.54 Å². The summed E-state index contributed by atoms with van der Waals surface area (Å²) in [6.07, 6.45) is 0. The van der Waals surface area contributed by atoms with Crippen LogP contribution in [-0.4, -0.2) is 16.8 Å². The van der Waals surface area contributed by atoms with Crippen LogP contribution >= 0.6 is 0 Å². The van der Waals surface area contributed by atoms with Gasteiger partial charge in [0.15, 0.2) is 0 Å². The standard InChI is InChI=1S/C2H8N4O3/c1-2-5(4-3)9-6(7)8/h4H,2-3H2,1H3. The highest BCUT2D eigenvalue weighted by Gasteiger charge is 2.02. The molecule has 0 unspecified atom stereocenters. The average Bonchev–Trinajstić information content (AvgIpc) is 1.82. The predicted molar refractivity (Wildman–Crippen MR) is 27.8 cm³/mol. The third-order valence-corrected chi connectivity index (χ3v) is 0.596. The first-order valence-electron chi connectivity index (χ1n) is 2.27. The highest BCUT2D eigenvalue weighted by molar-refractivity contribution is 4.16. The highest BCUT2D eigenvalue weighted by Crippen LogP contribution is 1.80. The van der Waals surface area contributed by atoms with Gasteiger partial charge < -0.3 is 0 Å². The quantitative estimate of drug-likeness (QED) is 0.286. The van der Waals surface area contributed by atoms with Gasteiger partial charge in [-0.05, 0) is 6.92 Å². The van der Waals surface area contributed by atoms with Crippen LogP contribution in [-0.2, 0) is 4.94 Å². The van der Waals surface area contributed by atoms with Crippen LogP contribution in [0.25, 0.3) is 0 Å². The number of nitrogens with one attached hydrogen (secondary N) is 1. The third kappa shape index (κ3) is 3.64. The first-order chi connectivity index (χ1) is 4.20. The van der Waals surface area contributed by atoms with Crippen molar-refractivity contribution in [1.82, 2.24) is 10.7 Å². The summed E-state index contributed by atoms with van der Waals surface area (Å²) in [7, 11) is 0. The molecule has 0 aromatic rings. The van der Waals surface area contributed by atoms with E-state index in [2.05, 4.69) is 4.94 Å². The van der Waals surface area contributed by atoms with Crippen LogP contribution in [0.5, 0.6) is 0 Å². The predicted octanol–water partition coefficient (Wildman–Crippen LogP) is -1.19. The molecule has 7 heteroatoms. The van der Waals surface area contributed by atoms with Gasteiger partial charge in [-0.3, -0.25) is 5.84 Å². The molecule has 0 fully saturated rings. The van der Waals surface area contributed by atoms with Gasteiger partial charge in [-0.2, -0.15) is 5.53 Å². The summed E-state index contributed by atoms with van der Waals surface area (Å²) in [6, 6.07) is 0. The second-order valence-electron chi connectivity index (χ2n) is 1.13. The highest BCUT2D eigenvalue weighted by atomic mass is 17.0. The molecule has 0 atom stereocenters. The Morgan fingerprint density at radius 3 is 2.67 bits per heavy atom. The second-order valence-corrected chi connectivity index (χ2v) is 1.13. The van der Waals surface area contributed by atoms with Gasteiger partial charge in [0.2, 0.25) is 0 Å². The molecule has 0 rings (SSSR count). The summed E-state index contributed by atoms with van der Waals surface area (Å²) < 4.78 is 0. The van der Waals surface area contributed by atoms with Crippen LogP contribution in [0.15, 0.2) is 0 Å². The molecule has 0 aliphatic rings. The molecule has 0 saturated carbocycles. The molecule has 3 N–H and O–H groups in total. The van der Waals surface area contributed by atoms with Gasteiger partial charge >= 0.3 is 5.09 Å². The minimum atomic E-state index is -0.955. The molecular weight excluding hydrogens is 128 g/mol. The van der Waals surface area contributed by atoms with E-state index in [0.717, 1.165) is 5.17 Å². The molecule has 0 bridgehead atoms.